The van der Waals surface area contributed by atoms with E-state index in [4.69, 9.17) is 5.73 Å². The summed E-state index contributed by atoms with van der Waals surface area (Å²) in [5, 5.41) is 1.81. The molecule has 2 N–H and O–H groups in total. The van der Waals surface area contributed by atoms with Gasteiger partial charge in [-0.2, -0.15) is 0 Å². The number of benzene rings is 1. The number of pyridine rings is 1. The van der Waals surface area contributed by atoms with E-state index in [-0.39, 0.29) is 0 Å². The number of hydrogen-bond donors (Lipinski definition) is 1. The van der Waals surface area contributed by atoms with Gasteiger partial charge in [-0.25, -0.2) is 4.98 Å². The van der Waals surface area contributed by atoms with E-state index in [1.54, 1.807) is 11.3 Å². The van der Waals surface area contributed by atoms with Crippen LogP contribution < -0.4 is 5.73 Å². The molecule has 0 atom stereocenters. The largest absolute Gasteiger partial charge is 0.375 e. The van der Waals surface area contributed by atoms with Crippen molar-refractivity contribution in [1.82, 2.24) is 9.97 Å². The van der Waals surface area contributed by atoms with E-state index < -0.39 is 0 Å². The minimum atomic E-state index is 0.636. The van der Waals surface area contributed by atoms with Crippen molar-refractivity contribution in [3.63, 3.8) is 0 Å². The third kappa shape index (κ3) is 2.31. The molecule has 0 aliphatic heterocycles. The number of anilines is 1. The van der Waals surface area contributed by atoms with Crippen LogP contribution in [0, 0.1) is 13.8 Å². The number of aromatic nitrogens is 2. The molecule has 0 saturated heterocycles. The molecule has 0 bridgehead atoms. The predicted molar refractivity (Wildman–Crippen MR) is 80.5 cm³/mol. The van der Waals surface area contributed by atoms with Gasteiger partial charge >= 0.3 is 0 Å². The monoisotopic (exact) mass is 269 g/mol. The lowest BCUT2D eigenvalue weighted by atomic mass is 10.1. The number of aryl methyl sites for hydroxylation is 2. The molecule has 0 radical (unpaired) electrons. The molecular weight excluding hydrogens is 254 g/mol. The molecule has 0 aliphatic carbocycles. The molecule has 0 spiro atoms. The molecule has 3 rings (SSSR count). The summed E-state index contributed by atoms with van der Waals surface area (Å²) in [5.74, 6) is 0. The molecule has 3 aromatic rings. The van der Waals surface area contributed by atoms with Crippen molar-refractivity contribution >= 4 is 27.4 Å². The van der Waals surface area contributed by atoms with Crippen molar-refractivity contribution in [1.29, 1.82) is 0 Å². The van der Waals surface area contributed by atoms with Gasteiger partial charge in [0, 0.05) is 22.4 Å². The average Bonchev–Trinajstić information content (AvgIpc) is 2.69. The van der Waals surface area contributed by atoms with Gasteiger partial charge in [0.25, 0.3) is 0 Å². The first-order chi connectivity index (χ1) is 9.13. The standard InChI is InChI=1S/C15H15N3S/c1-9-6-7-11-4-3-5-12(14(11)17-9)8-13-10(2)18-15(16)19-13/h3-7H,8H2,1-2H3,(H2,16,18). The highest BCUT2D eigenvalue weighted by molar-refractivity contribution is 7.15. The molecule has 1 aromatic carbocycles. The maximum Gasteiger partial charge on any atom is 0.180 e. The molecule has 96 valence electrons. The fourth-order valence-electron chi connectivity index (χ4n) is 2.24. The summed E-state index contributed by atoms with van der Waals surface area (Å²) in [6.07, 6.45) is 0.842. The Morgan fingerprint density at radius 1 is 1.11 bits per heavy atom. The zero-order chi connectivity index (χ0) is 13.4. The summed E-state index contributed by atoms with van der Waals surface area (Å²) in [4.78, 5) is 10.2. The second-order valence-electron chi connectivity index (χ2n) is 4.68. The third-order valence-corrected chi connectivity index (χ3v) is 4.19. The van der Waals surface area contributed by atoms with Crippen molar-refractivity contribution in [3.8, 4) is 0 Å². The van der Waals surface area contributed by atoms with Gasteiger partial charge in [-0.1, -0.05) is 24.3 Å². The number of thiazole rings is 1. The smallest absolute Gasteiger partial charge is 0.180 e. The quantitative estimate of drug-likeness (QED) is 0.775. The first-order valence-electron chi connectivity index (χ1n) is 6.20. The third-order valence-electron chi connectivity index (χ3n) is 3.20. The SMILES string of the molecule is Cc1ccc2cccc(Cc3sc(N)nc3C)c2n1. The van der Waals surface area contributed by atoms with Crippen molar-refractivity contribution in [2.75, 3.05) is 5.73 Å². The van der Waals surface area contributed by atoms with E-state index in [1.165, 1.54) is 15.8 Å². The Bertz CT molecular complexity index is 746. The number of rotatable bonds is 2. The second kappa shape index (κ2) is 4.63. The molecule has 19 heavy (non-hydrogen) atoms. The van der Waals surface area contributed by atoms with Crippen LogP contribution in [0.25, 0.3) is 10.9 Å². The van der Waals surface area contributed by atoms with Crippen LogP contribution in [0.15, 0.2) is 30.3 Å². The van der Waals surface area contributed by atoms with Gasteiger partial charge in [0.1, 0.15) is 0 Å². The highest BCUT2D eigenvalue weighted by Crippen LogP contribution is 2.26. The van der Waals surface area contributed by atoms with E-state index >= 15 is 0 Å². The van der Waals surface area contributed by atoms with Gasteiger partial charge in [0.2, 0.25) is 0 Å². The number of nitrogens with zero attached hydrogens (tertiary/aromatic N) is 2. The topological polar surface area (TPSA) is 51.8 Å². The minimum absolute atomic E-state index is 0.636. The van der Waals surface area contributed by atoms with Crippen LogP contribution in [0.4, 0.5) is 5.13 Å². The van der Waals surface area contributed by atoms with E-state index in [1.807, 2.05) is 19.9 Å². The zero-order valence-corrected chi connectivity index (χ0v) is 11.8. The lowest BCUT2D eigenvalue weighted by Crippen LogP contribution is -1.93. The van der Waals surface area contributed by atoms with Crippen molar-refractivity contribution in [2.45, 2.75) is 20.3 Å². The summed E-state index contributed by atoms with van der Waals surface area (Å²) >= 11 is 1.56. The molecule has 2 aromatic heterocycles. The Morgan fingerprint density at radius 3 is 2.68 bits per heavy atom. The van der Waals surface area contributed by atoms with Gasteiger partial charge in [-0.05, 0) is 25.5 Å². The van der Waals surface area contributed by atoms with Gasteiger partial charge in [0.05, 0.1) is 11.2 Å². The summed E-state index contributed by atoms with van der Waals surface area (Å²) in [6, 6.07) is 10.5. The maximum absolute atomic E-state index is 5.76. The second-order valence-corrected chi connectivity index (χ2v) is 5.79. The lowest BCUT2D eigenvalue weighted by molar-refractivity contribution is 1.14. The van der Waals surface area contributed by atoms with E-state index in [9.17, 15) is 0 Å². The minimum Gasteiger partial charge on any atom is -0.375 e. The van der Waals surface area contributed by atoms with E-state index in [0.29, 0.717) is 5.13 Å². The van der Waals surface area contributed by atoms with E-state index in [2.05, 4.69) is 34.2 Å². The molecular formula is C15H15N3S. The molecule has 4 heteroatoms. The fraction of sp³-hybridized carbons (Fsp3) is 0.200. The van der Waals surface area contributed by atoms with Crippen LogP contribution in [0.3, 0.4) is 0 Å². The Morgan fingerprint density at radius 2 is 1.95 bits per heavy atom. The van der Waals surface area contributed by atoms with E-state index in [0.717, 1.165) is 23.3 Å². The highest BCUT2D eigenvalue weighted by atomic mass is 32.1. The number of hydrogen-bond acceptors (Lipinski definition) is 4. The maximum atomic E-state index is 5.76. The Kier molecular flexibility index (Phi) is 2.95. The summed E-state index contributed by atoms with van der Waals surface area (Å²) in [5.41, 5.74) is 10.1. The predicted octanol–water partition coefficient (Wildman–Crippen LogP) is 3.48. The highest BCUT2D eigenvalue weighted by Gasteiger charge is 2.09. The average molecular weight is 269 g/mol. The molecule has 0 saturated carbocycles. The fourth-order valence-corrected chi connectivity index (χ4v) is 3.09. The molecule has 0 unspecified atom stereocenters. The molecule has 3 nitrogen and oxygen atoms in total. The summed E-state index contributed by atoms with van der Waals surface area (Å²) in [7, 11) is 0. The number of nitrogen functional groups attached to an aromatic ring is 1. The molecule has 2 heterocycles. The Labute approximate surface area is 116 Å². The Balaban J connectivity index is 2.10. The number of fused-ring (bicyclic) bond motifs is 1. The normalized spacial score (nSPS) is 11.1. The zero-order valence-electron chi connectivity index (χ0n) is 11.0. The van der Waals surface area contributed by atoms with Crippen LogP contribution in [0.1, 0.15) is 21.8 Å². The van der Waals surface area contributed by atoms with Gasteiger partial charge in [-0.15, -0.1) is 11.3 Å². The first-order valence-corrected chi connectivity index (χ1v) is 7.02. The number of nitrogens with two attached hydrogens (primary N) is 1. The van der Waals surface area contributed by atoms with Gasteiger partial charge in [-0.3, -0.25) is 4.98 Å². The molecule has 0 amide bonds. The van der Waals surface area contributed by atoms with Crippen LogP contribution in [-0.4, -0.2) is 9.97 Å². The Hall–Kier alpha value is -1.94. The summed E-state index contributed by atoms with van der Waals surface area (Å²) < 4.78 is 0. The van der Waals surface area contributed by atoms with Crippen molar-refractivity contribution in [3.05, 3.63) is 52.2 Å². The van der Waals surface area contributed by atoms with Crippen molar-refractivity contribution in [2.24, 2.45) is 0 Å². The van der Waals surface area contributed by atoms with Crippen LogP contribution >= 0.6 is 11.3 Å². The molecule has 0 aliphatic rings. The van der Waals surface area contributed by atoms with Crippen LogP contribution in [0.2, 0.25) is 0 Å². The summed E-state index contributed by atoms with van der Waals surface area (Å²) in [6.45, 7) is 4.03. The lowest BCUT2D eigenvalue weighted by Gasteiger charge is -2.06. The van der Waals surface area contributed by atoms with Crippen LogP contribution in [-0.2, 0) is 6.42 Å². The number of para-hydroxylation sites is 1. The van der Waals surface area contributed by atoms with Crippen molar-refractivity contribution < 1.29 is 0 Å². The molecule has 0 fully saturated rings. The van der Waals surface area contributed by atoms with Gasteiger partial charge in [0.15, 0.2) is 5.13 Å². The van der Waals surface area contributed by atoms with Crippen LogP contribution in [0.5, 0.6) is 0 Å². The van der Waals surface area contributed by atoms with Gasteiger partial charge < -0.3 is 5.73 Å². The first kappa shape index (κ1) is 12.1.